The minimum Gasteiger partial charge on any atom is -0.370 e. The maximum atomic E-state index is 10.7. The van der Waals surface area contributed by atoms with Gasteiger partial charge in [0.1, 0.15) is 5.52 Å². The molecule has 0 radical (unpaired) electrons. The molecule has 1 heterocycles. The molecule has 2 aromatic rings. The van der Waals surface area contributed by atoms with Crippen molar-refractivity contribution < 1.29 is 4.79 Å². The fraction of sp³-hybridized carbons (Fsp3) is 0.417. The van der Waals surface area contributed by atoms with E-state index in [0.717, 1.165) is 11.0 Å². The SMILES string of the molecule is Cc1cc2nnn(CCCC(N)=O)c2cc1C. The molecule has 0 saturated heterocycles. The lowest BCUT2D eigenvalue weighted by Gasteiger charge is -2.03. The Balaban J connectivity index is 2.23. The van der Waals surface area contributed by atoms with E-state index >= 15 is 0 Å². The van der Waals surface area contributed by atoms with Crippen LogP contribution in [-0.4, -0.2) is 20.9 Å². The first-order valence-electron chi connectivity index (χ1n) is 5.66. The summed E-state index contributed by atoms with van der Waals surface area (Å²) in [5.74, 6) is -0.276. The largest absolute Gasteiger partial charge is 0.370 e. The Morgan fingerprint density at radius 1 is 1.35 bits per heavy atom. The summed E-state index contributed by atoms with van der Waals surface area (Å²) in [7, 11) is 0. The predicted molar refractivity (Wildman–Crippen MR) is 65.4 cm³/mol. The minimum atomic E-state index is -0.276. The average Bonchev–Trinajstić information content (AvgIpc) is 2.62. The number of carbonyl (C=O) groups excluding carboxylic acids is 1. The van der Waals surface area contributed by atoms with Crippen LogP contribution in [0, 0.1) is 13.8 Å². The van der Waals surface area contributed by atoms with Crippen LogP contribution in [0.3, 0.4) is 0 Å². The van der Waals surface area contributed by atoms with Gasteiger partial charge in [-0.05, 0) is 43.5 Å². The van der Waals surface area contributed by atoms with Gasteiger partial charge in [0.2, 0.25) is 5.91 Å². The third-order valence-corrected chi connectivity index (χ3v) is 2.92. The van der Waals surface area contributed by atoms with Crippen molar-refractivity contribution in [3.05, 3.63) is 23.3 Å². The second-order valence-corrected chi connectivity index (χ2v) is 4.31. The second kappa shape index (κ2) is 4.53. The maximum Gasteiger partial charge on any atom is 0.217 e. The number of benzene rings is 1. The van der Waals surface area contributed by atoms with Crippen molar-refractivity contribution in [2.45, 2.75) is 33.2 Å². The third kappa shape index (κ3) is 2.43. The van der Waals surface area contributed by atoms with Gasteiger partial charge in [-0.3, -0.25) is 4.79 Å². The molecule has 90 valence electrons. The van der Waals surface area contributed by atoms with Crippen molar-refractivity contribution in [3.63, 3.8) is 0 Å². The molecule has 0 aliphatic heterocycles. The highest BCUT2D eigenvalue weighted by Gasteiger charge is 2.06. The molecular weight excluding hydrogens is 216 g/mol. The van der Waals surface area contributed by atoms with Crippen molar-refractivity contribution in [1.82, 2.24) is 15.0 Å². The van der Waals surface area contributed by atoms with Crippen LogP contribution in [0.25, 0.3) is 11.0 Å². The first kappa shape index (κ1) is 11.6. The molecular formula is C12H16N4O. The highest BCUT2D eigenvalue weighted by molar-refractivity contribution is 5.76. The van der Waals surface area contributed by atoms with Crippen molar-refractivity contribution in [1.29, 1.82) is 0 Å². The molecule has 0 spiro atoms. The number of carbonyl (C=O) groups is 1. The normalized spacial score (nSPS) is 10.9. The average molecular weight is 232 g/mol. The Labute approximate surface area is 99.6 Å². The molecule has 0 aliphatic rings. The number of fused-ring (bicyclic) bond motifs is 1. The van der Waals surface area contributed by atoms with Gasteiger partial charge in [-0.15, -0.1) is 5.10 Å². The van der Waals surface area contributed by atoms with Crippen molar-refractivity contribution >= 4 is 16.9 Å². The van der Waals surface area contributed by atoms with Crippen LogP contribution in [0.15, 0.2) is 12.1 Å². The number of hydrogen-bond acceptors (Lipinski definition) is 3. The van der Waals surface area contributed by atoms with Gasteiger partial charge < -0.3 is 5.73 Å². The summed E-state index contributed by atoms with van der Waals surface area (Å²) >= 11 is 0. The van der Waals surface area contributed by atoms with E-state index in [9.17, 15) is 4.79 Å². The molecule has 0 fully saturated rings. The molecule has 2 rings (SSSR count). The van der Waals surface area contributed by atoms with E-state index in [1.807, 2.05) is 10.7 Å². The summed E-state index contributed by atoms with van der Waals surface area (Å²) in [5, 5.41) is 8.20. The van der Waals surface area contributed by atoms with Gasteiger partial charge >= 0.3 is 0 Å². The molecule has 1 aromatic heterocycles. The van der Waals surface area contributed by atoms with E-state index in [1.54, 1.807) is 0 Å². The van der Waals surface area contributed by atoms with Crippen LogP contribution in [0.5, 0.6) is 0 Å². The smallest absolute Gasteiger partial charge is 0.217 e. The van der Waals surface area contributed by atoms with Crippen LogP contribution in [-0.2, 0) is 11.3 Å². The monoisotopic (exact) mass is 232 g/mol. The fourth-order valence-electron chi connectivity index (χ4n) is 1.79. The third-order valence-electron chi connectivity index (χ3n) is 2.92. The highest BCUT2D eigenvalue weighted by atomic mass is 16.1. The summed E-state index contributed by atoms with van der Waals surface area (Å²) < 4.78 is 1.82. The summed E-state index contributed by atoms with van der Waals surface area (Å²) in [6.07, 6.45) is 1.08. The summed E-state index contributed by atoms with van der Waals surface area (Å²) in [5.41, 5.74) is 9.44. The standard InChI is InChI=1S/C12H16N4O/c1-8-6-10-11(7-9(8)2)16(15-14-10)5-3-4-12(13)17/h6-7H,3-5H2,1-2H3,(H2,13,17). The van der Waals surface area contributed by atoms with Gasteiger partial charge in [0.15, 0.2) is 0 Å². The Bertz CT molecular complexity index is 559. The van der Waals surface area contributed by atoms with E-state index < -0.39 is 0 Å². The molecule has 0 saturated carbocycles. The zero-order valence-corrected chi connectivity index (χ0v) is 10.1. The van der Waals surface area contributed by atoms with E-state index in [-0.39, 0.29) is 5.91 Å². The fourth-order valence-corrected chi connectivity index (χ4v) is 1.79. The second-order valence-electron chi connectivity index (χ2n) is 4.31. The molecule has 5 heteroatoms. The molecule has 5 nitrogen and oxygen atoms in total. The molecule has 0 aliphatic carbocycles. The summed E-state index contributed by atoms with van der Waals surface area (Å²) in [6, 6.07) is 4.11. The van der Waals surface area contributed by atoms with Crippen LogP contribution in [0.1, 0.15) is 24.0 Å². The Kier molecular flexibility index (Phi) is 3.08. The highest BCUT2D eigenvalue weighted by Crippen LogP contribution is 2.17. The summed E-state index contributed by atoms with van der Waals surface area (Å²) in [4.78, 5) is 10.7. The molecule has 1 amide bonds. The van der Waals surface area contributed by atoms with Crippen LogP contribution in [0.2, 0.25) is 0 Å². The number of nitrogens with zero attached hydrogens (tertiary/aromatic N) is 3. The first-order chi connectivity index (χ1) is 8.08. The number of hydrogen-bond donors (Lipinski definition) is 1. The number of rotatable bonds is 4. The Morgan fingerprint density at radius 3 is 2.76 bits per heavy atom. The van der Waals surface area contributed by atoms with Crippen LogP contribution < -0.4 is 5.73 Å². The minimum absolute atomic E-state index is 0.276. The predicted octanol–water partition coefficient (Wildman–Crippen LogP) is 1.31. The number of aryl methyl sites for hydroxylation is 3. The first-order valence-corrected chi connectivity index (χ1v) is 5.66. The number of amides is 1. The lowest BCUT2D eigenvalue weighted by Crippen LogP contribution is -2.11. The van der Waals surface area contributed by atoms with E-state index in [0.29, 0.717) is 19.4 Å². The molecule has 1 aromatic carbocycles. The summed E-state index contributed by atoms with van der Waals surface area (Å²) in [6.45, 7) is 4.79. The van der Waals surface area contributed by atoms with E-state index in [4.69, 9.17) is 5.73 Å². The van der Waals surface area contributed by atoms with Crippen molar-refractivity contribution in [2.24, 2.45) is 5.73 Å². The molecule has 0 atom stereocenters. The molecule has 0 unspecified atom stereocenters. The Morgan fingerprint density at radius 2 is 2.06 bits per heavy atom. The maximum absolute atomic E-state index is 10.7. The Hall–Kier alpha value is -1.91. The van der Waals surface area contributed by atoms with Gasteiger partial charge in [-0.25, -0.2) is 4.68 Å². The number of primary amides is 1. The van der Waals surface area contributed by atoms with Crippen LogP contribution >= 0.6 is 0 Å². The van der Waals surface area contributed by atoms with Gasteiger partial charge in [0.25, 0.3) is 0 Å². The molecule has 17 heavy (non-hydrogen) atoms. The van der Waals surface area contributed by atoms with Gasteiger partial charge in [-0.2, -0.15) is 0 Å². The van der Waals surface area contributed by atoms with E-state index in [1.165, 1.54) is 11.1 Å². The topological polar surface area (TPSA) is 73.8 Å². The van der Waals surface area contributed by atoms with Crippen LogP contribution in [0.4, 0.5) is 0 Å². The zero-order chi connectivity index (χ0) is 12.4. The lowest BCUT2D eigenvalue weighted by atomic mass is 10.1. The number of nitrogens with two attached hydrogens (primary N) is 1. The molecule has 0 bridgehead atoms. The number of aromatic nitrogens is 3. The van der Waals surface area contributed by atoms with E-state index in [2.05, 4.69) is 30.2 Å². The van der Waals surface area contributed by atoms with Gasteiger partial charge in [-0.1, -0.05) is 5.21 Å². The van der Waals surface area contributed by atoms with Crippen molar-refractivity contribution in [3.8, 4) is 0 Å². The van der Waals surface area contributed by atoms with Gasteiger partial charge in [0, 0.05) is 13.0 Å². The zero-order valence-electron chi connectivity index (χ0n) is 10.1. The lowest BCUT2D eigenvalue weighted by molar-refractivity contribution is -0.118. The van der Waals surface area contributed by atoms with Crippen molar-refractivity contribution in [2.75, 3.05) is 0 Å². The quantitative estimate of drug-likeness (QED) is 0.863. The molecule has 2 N–H and O–H groups in total. The van der Waals surface area contributed by atoms with Gasteiger partial charge in [0.05, 0.1) is 5.52 Å².